The number of fused-ring (bicyclic) bond motifs is 1. The van der Waals surface area contributed by atoms with E-state index in [0.29, 0.717) is 6.04 Å². The molecule has 0 bridgehead atoms. The minimum atomic E-state index is -0.311. The highest BCUT2D eigenvalue weighted by atomic mass is 16.5. The number of hydrogen-bond acceptors (Lipinski definition) is 5. The van der Waals surface area contributed by atoms with Gasteiger partial charge in [0.1, 0.15) is 5.75 Å². The normalized spacial score (nSPS) is 22.0. The molecule has 1 aliphatic carbocycles. The molecule has 1 saturated heterocycles. The molecule has 1 N–H and O–H groups in total. The van der Waals surface area contributed by atoms with Crippen molar-refractivity contribution in [2.45, 2.75) is 70.1 Å². The molecule has 2 aliphatic heterocycles. The van der Waals surface area contributed by atoms with E-state index in [1.807, 2.05) is 12.3 Å². The first kappa shape index (κ1) is 20.4. The maximum Gasteiger partial charge on any atom is 0.414 e. The number of benzene rings is 1. The van der Waals surface area contributed by atoms with Crippen molar-refractivity contribution in [2.75, 3.05) is 25.1 Å². The van der Waals surface area contributed by atoms with Gasteiger partial charge in [0.05, 0.1) is 31.1 Å². The molecule has 1 amide bonds. The van der Waals surface area contributed by atoms with Crippen LogP contribution in [0.4, 0.5) is 10.5 Å². The van der Waals surface area contributed by atoms with Crippen molar-refractivity contribution in [1.29, 1.82) is 0 Å². The smallest absolute Gasteiger partial charge is 0.414 e. The molecule has 1 aromatic heterocycles. The van der Waals surface area contributed by atoms with E-state index in [1.54, 1.807) is 4.90 Å². The van der Waals surface area contributed by atoms with Gasteiger partial charge in [-0.3, -0.25) is 9.58 Å². The number of carbonyl (C=O) groups excluding carboxylic acids is 1. The highest BCUT2D eigenvalue weighted by molar-refractivity contribution is 5.92. The monoisotopic (exact) mass is 424 g/mol. The Hall–Kier alpha value is -2.54. The van der Waals surface area contributed by atoms with E-state index in [0.717, 1.165) is 79.7 Å². The lowest BCUT2D eigenvalue weighted by Gasteiger charge is -2.37. The predicted octanol–water partition coefficient (Wildman–Crippen LogP) is 4.31. The molecule has 2 fully saturated rings. The van der Waals surface area contributed by atoms with Crippen LogP contribution in [-0.4, -0.2) is 48.2 Å². The van der Waals surface area contributed by atoms with Crippen LogP contribution in [0.25, 0.3) is 11.1 Å². The number of ether oxygens (including phenoxy) is 2. The van der Waals surface area contributed by atoms with Gasteiger partial charge in [-0.1, -0.05) is 0 Å². The van der Waals surface area contributed by atoms with Crippen molar-refractivity contribution in [3.05, 3.63) is 30.1 Å². The lowest BCUT2D eigenvalue weighted by atomic mass is 9.91. The summed E-state index contributed by atoms with van der Waals surface area (Å²) in [5, 5.41) is 8.12. The van der Waals surface area contributed by atoms with Crippen molar-refractivity contribution in [3.8, 4) is 16.9 Å². The van der Waals surface area contributed by atoms with Gasteiger partial charge >= 0.3 is 6.09 Å². The fraction of sp³-hybridized carbons (Fsp3) is 0.583. The number of hydrogen-bond donors (Lipinski definition) is 1. The molecule has 0 spiro atoms. The van der Waals surface area contributed by atoms with Crippen LogP contribution in [0, 0.1) is 0 Å². The fourth-order valence-electron chi connectivity index (χ4n) is 4.95. The second kappa shape index (κ2) is 8.54. The van der Waals surface area contributed by atoms with E-state index in [9.17, 15) is 4.79 Å². The number of rotatable bonds is 4. The van der Waals surface area contributed by atoms with Crippen molar-refractivity contribution in [2.24, 2.45) is 0 Å². The summed E-state index contributed by atoms with van der Waals surface area (Å²) >= 11 is 0. The van der Waals surface area contributed by atoms with Crippen LogP contribution in [0.5, 0.6) is 5.75 Å². The molecule has 0 radical (unpaired) electrons. The maximum atomic E-state index is 12.5. The minimum Gasteiger partial charge on any atom is -0.489 e. The molecule has 166 valence electrons. The molecule has 1 aromatic carbocycles. The number of carbonyl (C=O) groups is 1. The summed E-state index contributed by atoms with van der Waals surface area (Å²) in [5.74, 6) is 0.924. The fourth-order valence-corrected chi connectivity index (χ4v) is 4.95. The van der Waals surface area contributed by atoms with Gasteiger partial charge in [0.25, 0.3) is 0 Å². The van der Waals surface area contributed by atoms with E-state index < -0.39 is 0 Å². The first-order valence-electron chi connectivity index (χ1n) is 11.6. The molecule has 2 aromatic rings. The van der Waals surface area contributed by atoms with Gasteiger partial charge in [-0.15, -0.1) is 0 Å². The number of methoxy groups -OCH3 is 1. The predicted molar refractivity (Wildman–Crippen MR) is 120 cm³/mol. The Balaban J connectivity index is 1.54. The van der Waals surface area contributed by atoms with E-state index >= 15 is 0 Å². The number of amides is 1. The minimum absolute atomic E-state index is 0.102. The van der Waals surface area contributed by atoms with Gasteiger partial charge in [0.2, 0.25) is 0 Å². The van der Waals surface area contributed by atoms with Crippen LogP contribution in [0.1, 0.15) is 57.1 Å². The van der Waals surface area contributed by atoms with Crippen molar-refractivity contribution in [3.63, 3.8) is 0 Å². The Morgan fingerprint density at radius 3 is 2.68 bits per heavy atom. The number of aromatic nitrogens is 2. The van der Waals surface area contributed by atoms with Gasteiger partial charge in [-0.2, -0.15) is 5.10 Å². The van der Waals surface area contributed by atoms with Crippen molar-refractivity contribution < 1.29 is 14.3 Å². The van der Waals surface area contributed by atoms with Gasteiger partial charge in [-0.05, 0) is 77.1 Å². The van der Waals surface area contributed by atoms with E-state index in [4.69, 9.17) is 14.6 Å². The molecular formula is C24H32N4O3. The molecule has 3 aliphatic rings. The van der Waals surface area contributed by atoms with Gasteiger partial charge in [0, 0.05) is 28.9 Å². The standard InChI is InChI=1S/C24H32N4O3/c1-16-6-7-21-22(28(16)24(29)30-2)9-8-20(23(21)31-19-4-3-5-19)17-14-26-27(15-17)18-10-12-25-13-11-18/h8-9,14-16,18-19,25H,3-7,10-13H2,1-2H3. The van der Waals surface area contributed by atoms with Gasteiger partial charge in [-0.25, -0.2) is 4.79 Å². The topological polar surface area (TPSA) is 68.6 Å². The Kier molecular flexibility index (Phi) is 5.61. The first-order valence-corrected chi connectivity index (χ1v) is 11.6. The Labute approximate surface area is 183 Å². The quantitative estimate of drug-likeness (QED) is 0.792. The second-order valence-electron chi connectivity index (χ2n) is 9.03. The number of nitrogens with one attached hydrogen (secondary N) is 1. The molecule has 7 heteroatoms. The summed E-state index contributed by atoms with van der Waals surface area (Å²) in [6.07, 6.45) is 11.5. The highest BCUT2D eigenvalue weighted by Gasteiger charge is 2.33. The average molecular weight is 425 g/mol. The zero-order valence-electron chi connectivity index (χ0n) is 18.5. The summed E-state index contributed by atoms with van der Waals surface area (Å²) in [7, 11) is 1.44. The van der Waals surface area contributed by atoms with Crippen LogP contribution in [-0.2, 0) is 11.2 Å². The SMILES string of the molecule is COC(=O)N1c2ccc(-c3cnn(C4CCNCC4)c3)c(OC3CCC3)c2CCC1C. The third kappa shape index (κ3) is 3.80. The lowest BCUT2D eigenvalue weighted by Crippen LogP contribution is -2.42. The van der Waals surface area contributed by atoms with Crippen molar-refractivity contribution in [1.82, 2.24) is 15.1 Å². The lowest BCUT2D eigenvalue weighted by molar-refractivity contribution is 0.119. The Morgan fingerprint density at radius 1 is 1.16 bits per heavy atom. The van der Waals surface area contributed by atoms with Crippen LogP contribution in [0.2, 0.25) is 0 Å². The van der Waals surface area contributed by atoms with E-state index in [2.05, 4.69) is 29.2 Å². The Morgan fingerprint density at radius 2 is 1.97 bits per heavy atom. The van der Waals surface area contributed by atoms with Gasteiger partial charge in [0.15, 0.2) is 0 Å². The summed E-state index contributed by atoms with van der Waals surface area (Å²) in [5.41, 5.74) is 4.18. The number of nitrogens with zero attached hydrogens (tertiary/aromatic N) is 3. The summed E-state index contributed by atoms with van der Waals surface area (Å²) in [4.78, 5) is 14.3. The molecule has 5 rings (SSSR count). The average Bonchev–Trinajstić information content (AvgIpc) is 3.26. The summed E-state index contributed by atoms with van der Waals surface area (Å²) in [6, 6.07) is 4.68. The summed E-state index contributed by atoms with van der Waals surface area (Å²) in [6.45, 7) is 4.15. The largest absolute Gasteiger partial charge is 0.489 e. The number of piperidine rings is 1. The zero-order valence-corrected chi connectivity index (χ0v) is 18.5. The van der Waals surface area contributed by atoms with Gasteiger partial charge < -0.3 is 14.8 Å². The third-order valence-electron chi connectivity index (χ3n) is 7.05. The summed E-state index contributed by atoms with van der Waals surface area (Å²) < 4.78 is 13.8. The molecular weight excluding hydrogens is 392 g/mol. The Bertz CT molecular complexity index is 946. The first-order chi connectivity index (χ1) is 15.2. The maximum absolute atomic E-state index is 12.5. The third-order valence-corrected chi connectivity index (χ3v) is 7.05. The van der Waals surface area contributed by atoms with Crippen LogP contribution in [0.3, 0.4) is 0 Å². The zero-order chi connectivity index (χ0) is 21.4. The molecule has 31 heavy (non-hydrogen) atoms. The molecule has 1 unspecified atom stereocenters. The second-order valence-corrected chi connectivity index (χ2v) is 9.03. The van der Waals surface area contributed by atoms with Crippen LogP contribution in [0.15, 0.2) is 24.5 Å². The van der Waals surface area contributed by atoms with Crippen LogP contribution < -0.4 is 15.0 Å². The van der Waals surface area contributed by atoms with E-state index in [1.165, 1.54) is 13.5 Å². The number of anilines is 1. The molecule has 1 saturated carbocycles. The van der Waals surface area contributed by atoms with Crippen molar-refractivity contribution >= 4 is 11.8 Å². The van der Waals surface area contributed by atoms with Crippen LogP contribution >= 0.6 is 0 Å². The molecule has 7 nitrogen and oxygen atoms in total. The molecule has 3 heterocycles. The van der Waals surface area contributed by atoms with E-state index in [-0.39, 0.29) is 18.2 Å². The molecule has 1 atom stereocenters. The highest BCUT2D eigenvalue weighted by Crippen LogP contribution is 2.44.